The van der Waals surface area contributed by atoms with Gasteiger partial charge in [0.05, 0.1) is 18.0 Å². The van der Waals surface area contributed by atoms with E-state index in [1.54, 1.807) is 35.7 Å². The van der Waals surface area contributed by atoms with Gasteiger partial charge in [0.1, 0.15) is 34.9 Å². The first-order valence-corrected chi connectivity index (χ1v) is 26.2. The Bertz CT molecular complexity index is 2480. The number of carboxylic acids is 1. The van der Waals surface area contributed by atoms with Crippen LogP contribution in [0.1, 0.15) is 88.8 Å². The van der Waals surface area contributed by atoms with Gasteiger partial charge < -0.3 is 45.3 Å². The molecule has 4 unspecified atom stereocenters. The number of para-hydroxylation sites is 1. The molecule has 3 saturated heterocycles. The molecule has 4 bridgehead atoms. The molecular weight excluding hydrogens is 977 g/mol. The molecule has 0 radical (unpaired) electrons. The highest BCUT2D eigenvalue weighted by Gasteiger charge is 2.70. The van der Waals surface area contributed by atoms with Gasteiger partial charge in [-0.25, -0.2) is 9.59 Å². The lowest BCUT2D eigenvalue weighted by atomic mass is 9.50. The largest absolute Gasteiger partial charge is 0.507 e. The van der Waals surface area contributed by atoms with Gasteiger partial charge in [0, 0.05) is 79.4 Å². The van der Waals surface area contributed by atoms with Gasteiger partial charge >= 0.3 is 23.7 Å². The minimum absolute atomic E-state index is 0.000955. The summed E-state index contributed by atoms with van der Waals surface area (Å²) in [5.74, 6) is -6.50. The number of anilines is 1. The highest BCUT2D eigenvalue weighted by molar-refractivity contribution is 8.14. The summed E-state index contributed by atoms with van der Waals surface area (Å²) in [5.41, 5.74) is -1.03. The molecule has 21 nitrogen and oxygen atoms in total. The van der Waals surface area contributed by atoms with Gasteiger partial charge in [-0.3, -0.25) is 34.2 Å². The number of aromatic hydroxyl groups is 1. The molecule has 7 N–H and O–H groups in total. The highest BCUT2D eigenvalue weighted by Crippen LogP contribution is 2.65. The van der Waals surface area contributed by atoms with Crippen molar-refractivity contribution in [3.8, 4) is 5.75 Å². The predicted molar refractivity (Wildman–Crippen MR) is 248 cm³/mol. The number of aliphatic hydroxyl groups excluding tert-OH is 2. The Morgan fingerprint density at radius 3 is 2.51 bits per heavy atom. The zero-order valence-corrected chi connectivity index (χ0v) is 40.1. The van der Waals surface area contributed by atoms with Gasteiger partial charge in [0.2, 0.25) is 29.6 Å². The van der Waals surface area contributed by atoms with E-state index in [4.69, 9.17) is 29.0 Å². The summed E-state index contributed by atoms with van der Waals surface area (Å²) >= 11 is 3.10. The molecule has 9 aliphatic rings. The molecule has 5 saturated carbocycles. The van der Waals surface area contributed by atoms with E-state index in [9.17, 15) is 53.2 Å². The van der Waals surface area contributed by atoms with Crippen molar-refractivity contribution in [2.45, 2.75) is 142 Å². The van der Waals surface area contributed by atoms with Crippen molar-refractivity contribution in [2.75, 3.05) is 36.5 Å². The third-order valence-corrected chi connectivity index (χ3v) is 17.8. The average Bonchev–Trinajstić information content (AvgIpc) is 4.11. The molecule has 5 aliphatic carbocycles. The number of halogens is 2. The zero-order valence-electron chi connectivity index (χ0n) is 38.5. The second-order valence-corrected chi connectivity index (χ2v) is 22.2. The van der Waals surface area contributed by atoms with E-state index >= 15 is 0 Å². The number of aliphatic carboxylic acids is 1. The minimum Gasteiger partial charge on any atom is -0.507 e. The maximum atomic E-state index is 14.6. The van der Waals surface area contributed by atoms with E-state index in [2.05, 4.69) is 20.9 Å². The molecule has 71 heavy (non-hydrogen) atoms. The summed E-state index contributed by atoms with van der Waals surface area (Å²) in [6, 6.07) is 7.26. The Labute approximate surface area is 414 Å². The summed E-state index contributed by atoms with van der Waals surface area (Å²) in [4.78, 5) is 87.1. The van der Waals surface area contributed by atoms with Gasteiger partial charge in [0.25, 0.3) is 0 Å². The number of carbonyl (C=O) groups excluding carboxylic acids is 3. The van der Waals surface area contributed by atoms with Crippen LogP contribution in [0.4, 0.5) is 19.4 Å². The molecule has 1 aromatic carbocycles. The summed E-state index contributed by atoms with van der Waals surface area (Å²) in [5, 5.41) is 48.6. The highest BCUT2D eigenvalue weighted by atomic mass is 32.2. The zero-order chi connectivity index (χ0) is 49.9. The number of carboxylic acid groups (broad SMARTS) is 1. The van der Waals surface area contributed by atoms with Crippen LogP contribution in [-0.4, -0.2) is 154 Å². The number of carbonyl (C=O) groups is 4. The molecule has 3 amide bonds. The Balaban J connectivity index is 0.676. The number of hydrogen-bond acceptors (Lipinski definition) is 18. The number of rotatable bonds is 15. The summed E-state index contributed by atoms with van der Waals surface area (Å²) in [6.07, 6.45) is -1.13. The number of amides is 3. The second-order valence-electron chi connectivity index (χ2n) is 20.0. The minimum atomic E-state index is -3.90. The van der Waals surface area contributed by atoms with Gasteiger partial charge in [-0.15, -0.1) is 23.5 Å². The van der Waals surface area contributed by atoms with Gasteiger partial charge in [0.15, 0.2) is 6.10 Å². The number of hydrogen-bond donors (Lipinski definition) is 7. The van der Waals surface area contributed by atoms with E-state index in [1.807, 2.05) is 17.0 Å². The van der Waals surface area contributed by atoms with E-state index < -0.39 is 78.0 Å². The fourth-order valence-corrected chi connectivity index (χ4v) is 15.0. The maximum Gasteiger partial charge on any atom is 0.413 e. The molecule has 10 atom stereocenters. The van der Waals surface area contributed by atoms with Crippen molar-refractivity contribution in [1.82, 2.24) is 25.1 Å². The van der Waals surface area contributed by atoms with Crippen molar-refractivity contribution >= 4 is 58.3 Å². The van der Waals surface area contributed by atoms with Gasteiger partial charge in [-0.05, 0) is 75.5 Å². The Kier molecular flexibility index (Phi) is 13.9. The monoisotopic (exact) mass is 1030 g/mol. The fourth-order valence-electron chi connectivity index (χ4n) is 12.2. The van der Waals surface area contributed by atoms with E-state index in [-0.39, 0.29) is 65.9 Å². The molecule has 2 aromatic rings. The van der Waals surface area contributed by atoms with Crippen LogP contribution in [0.5, 0.6) is 5.75 Å². The van der Waals surface area contributed by atoms with Crippen molar-refractivity contribution < 1.29 is 72.4 Å². The SMILES string of the molecule is O=C(CCC(=O)NC12CC3CC(C1)C1(OO[C@@]4(CCCC(OC(=O)Nc5ccn([C@@H]6O[C@H](CO)[C@@H](O)C6(F)F)c(=O)n5)C4)O1)C(C3)C2)NCCCN1C([C@H]2CSC(c3ccccc3O)=N2)SC[C@H]1C(=O)O. The molecule has 5 heterocycles. The molecule has 8 fully saturated rings. The third kappa shape index (κ3) is 9.77. The number of phenols is 1. The van der Waals surface area contributed by atoms with E-state index in [0.29, 0.717) is 79.2 Å². The van der Waals surface area contributed by atoms with Crippen LogP contribution in [0.25, 0.3) is 0 Å². The van der Waals surface area contributed by atoms with Crippen LogP contribution in [0.3, 0.4) is 0 Å². The average molecular weight is 1030 g/mol. The Morgan fingerprint density at radius 2 is 1.77 bits per heavy atom. The normalized spacial score (nSPS) is 36.8. The van der Waals surface area contributed by atoms with Crippen LogP contribution in [0.2, 0.25) is 0 Å². The number of nitrogens with one attached hydrogen (secondary N) is 3. The molecule has 25 heteroatoms. The third-order valence-electron chi connectivity index (χ3n) is 15.2. The molecule has 4 aliphatic heterocycles. The molecule has 1 aromatic heterocycles. The molecular formula is C46H57F2N7O14S2. The maximum absolute atomic E-state index is 14.6. The van der Waals surface area contributed by atoms with Crippen molar-refractivity contribution in [1.29, 1.82) is 0 Å². The lowest BCUT2D eigenvalue weighted by molar-refractivity contribution is -0.392. The summed E-state index contributed by atoms with van der Waals surface area (Å²) < 4.78 is 47.3. The number of nitrogens with zero attached hydrogens (tertiary/aromatic N) is 4. The first kappa shape index (κ1) is 50.1. The van der Waals surface area contributed by atoms with E-state index in [1.165, 1.54) is 0 Å². The number of aliphatic imine (C=N–C) groups is 1. The number of aromatic nitrogens is 2. The quantitative estimate of drug-likeness (QED) is 0.0997. The first-order valence-electron chi connectivity index (χ1n) is 24.1. The number of aliphatic hydroxyl groups is 2. The fraction of sp³-hybridized carbons (Fsp3) is 0.674. The van der Waals surface area contributed by atoms with Gasteiger partial charge in [-0.1, -0.05) is 12.1 Å². The predicted octanol–water partition coefficient (Wildman–Crippen LogP) is 3.07. The smallest absolute Gasteiger partial charge is 0.413 e. The van der Waals surface area contributed by atoms with Crippen LogP contribution < -0.4 is 21.6 Å². The van der Waals surface area contributed by atoms with Crippen LogP contribution in [0.15, 0.2) is 46.3 Å². The number of alkyl halides is 2. The summed E-state index contributed by atoms with van der Waals surface area (Å²) in [6.45, 7) is -0.146. The van der Waals surface area contributed by atoms with Crippen molar-refractivity contribution in [2.24, 2.45) is 22.7 Å². The first-order chi connectivity index (χ1) is 34.0. The molecule has 386 valence electrons. The lowest BCUT2D eigenvalue weighted by Gasteiger charge is -2.62. The number of benzene rings is 1. The van der Waals surface area contributed by atoms with Crippen LogP contribution in [0, 0.1) is 17.8 Å². The van der Waals surface area contributed by atoms with Crippen LogP contribution in [-0.2, 0) is 38.4 Å². The molecule has 11 rings (SSSR count). The number of thioether (sulfide) groups is 2. The Morgan fingerprint density at radius 1 is 1.00 bits per heavy atom. The molecule has 2 spiro atoms. The van der Waals surface area contributed by atoms with Crippen molar-refractivity contribution in [3.63, 3.8) is 0 Å². The number of ether oxygens (including phenoxy) is 3. The second kappa shape index (κ2) is 19.8. The Hall–Kier alpha value is -4.47. The van der Waals surface area contributed by atoms with E-state index in [0.717, 1.165) is 36.6 Å². The van der Waals surface area contributed by atoms with Crippen molar-refractivity contribution in [3.05, 3.63) is 52.6 Å². The topological polar surface area (TPSA) is 282 Å². The standard InChI is InChI=1S/C46H57F2N7O14S2/c47-45(48)36(60)32(21-56)66-40(45)55-14-10-33(51-41(55)63)52-42(64)65-27-5-3-11-44(20-27)67-46(69-68-44)25-15-24-16-26(46)19-43(17-24,18-25)53-35(59)9-8-34(58)49-12-4-13-54-30(39(61)62)23-71-38(54)29-22-70-37(50-29)28-6-1-2-7-31(28)57/h1-2,6-7,10,14,24-27,29-30,32,36,38,40,56-57,60H,3-5,8-9,11-13,15-23H2,(H,49,58)(H,53,59)(H,61,62)(H,51,52,63,64)/t24?,25?,26?,27?,29-,30+,32-,36-,38?,40-,43?,44-,46?/m1/s1. The number of phenolic OH excluding ortho intramolecular Hbond substituents is 1. The van der Waals surface area contributed by atoms with Crippen LogP contribution >= 0.6 is 23.5 Å². The summed E-state index contributed by atoms with van der Waals surface area (Å²) in [7, 11) is 0. The lowest BCUT2D eigenvalue weighted by Crippen LogP contribution is -2.69. The van der Waals surface area contributed by atoms with Gasteiger partial charge in [-0.2, -0.15) is 23.5 Å².